The predicted octanol–water partition coefficient (Wildman–Crippen LogP) is 3.94. The Bertz CT molecular complexity index is 793. The van der Waals surface area contributed by atoms with Gasteiger partial charge in [0.25, 0.3) is 0 Å². The van der Waals surface area contributed by atoms with Crippen molar-refractivity contribution in [1.29, 1.82) is 0 Å². The number of carboxylic acids is 1. The molecular formula is C18H13F3O5. The smallest absolute Gasteiger partial charge is 0.422 e. The second-order valence-electron chi connectivity index (χ2n) is 5.06. The SMILES string of the molecule is O=C(O)/C=C/c1ccc(OC(=O)c2ccc(OCC(F)(F)F)cc2)cc1. The van der Waals surface area contributed by atoms with Gasteiger partial charge in [-0.2, -0.15) is 13.2 Å². The van der Waals surface area contributed by atoms with Crippen LogP contribution < -0.4 is 9.47 Å². The molecule has 0 aliphatic heterocycles. The molecule has 2 aromatic rings. The van der Waals surface area contributed by atoms with E-state index in [2.05, 4.69) is 4.74 Å². The van der Waals surface area contributed by atoms with Crippen molar-refractivity contribution in [1.82, 2.24) is 0 Å². The highest BCUT2D eigenvalue weighted by Gasteiger charge is 2.28. The number of hydrogen-bond acceptors (Lipinski definition) is 4. The number of halogens is 3. The van der Waals surface area contributed by atoms with Crippen LogP contribution in [0.25, 0.3) is 6.08 Å². The number of carboxylic acid groups (broad SMARTS) is 1. The number of esters is 1. The molecule has 0 spiro atoms. The summed E-state index contributed by atoms with van der Waals surface area (Å²) < 4.78 is 45.9. The summed E-state index contributed by atoms with van der Waals surface area (Å²) in [6.45, 7) is -1.42. The maximum atomic E-state index is 12.1. The molecule has 0 radical (unpaired) electrons. The molecule has 5 nitrogen and oxygen atoms in total. The van der Waals surface area contributed by atoms with Gasteiger partial charge in [-0.3, -0.25) is 0 Å². The highest BCUT2D eigenvalue weighted by atomic mass is 19.4. The molecular weight excluding hydrogens is 353 g/mol. The minimum Gasteiger partial charge on any atom is -0.484 e. The number of alkyl halides is 3. The van der Waals surface area contributed by atoms with Gasteiger partial charge in [0.2, 0.25) is 0 Å². The standard InChI is InChI=1S/C18H13F3O5/c19-18(20,21)11-25-14-8-4-13(5-9-14)17(24)26-15-6-1-12(2-7-15)3-10-16(22)23/h1-10H,11H2,(H,22,23)/b10-3+. The van der Waals surface area contributed by atoms with Gasteiger partial charge >= 0.3 is 18.1 Å². The topological polar surface area (TPSA) is 72.8 Å². The first kappa shape index (κ1) is 19.0. The van der Waals surface area contributed by atoms with E-state index in [4.69, 9.17) is 9.84 Å². The van der Waals surface area contributed by atoms with Crippen molar-refractivity contribution in [2.75, 3.05) is 6.61 Å². The summed E-state index contributed by atoms with van der Waals surface area (Å²) in [6, 6.07) is 11.2. The molecule has 0 saturated heterocycles. The zero-order valence-corrected chi connectivity index (χ0v) is 13.2. The maximum absolute atomic E-state index is 12.1. The summed E-state index contributed by atoms with van der Waals surface area (Å²) in [7, 11) is 0. The number of hydrogen-bond donors (Lipinski definition) is 1. The van der Waals surface area contributed by atoms with Crippen molar-refractivity contribution in [3.8, 4) is 11.5 Å². The van der Waals surface area contributed by atoms with Crippen LogP contribution in [0.3, 0.4) is 0 Å². The fourth-order valence-electron chi connectivity index (χ4n) is 1.83. The van der Waals surface area contributed by atoms with Crippen molar-refractivity contribution < 1.29 is 37.3 Å². The predicted molar refractivity (Wildman–Crippen MR) is 86.1 cm³/mol. The van der Waals surface area contributed by atoms with Crippen LogP contribution in [0.15, 0.2) is 54.6 Å². The van der Waals surface area contributed by atoms with Gasteiger partial charge in [0.1, 0.15) is 11.5 Å². The fourth-order valence-corrected chi connectivity index (χ4v) is 1.83. The van der Waals surface area contributed by atoms with E-state index in [-0.39, 0.29) is 17.1 Å². The van der Waals surface area contributed by atoms with Crippen molar-refractivity contribution in [3.63, 3.8) is 0 Å². The molecule has 0 aliphatic rings. The number of carbonyl (C=O) groups is 2. The maximum Gasteiger partial charge on any atom is 0.422 e. The number of ether oxygens (including phenoxy) is 2. The summed E-state index contributed by atoms with van der Waals surface area (Å²) >= 11 is 0. The summed E-state index contributed by atoms with van der Waals surface area (Å²) in [4.78, 5) is 22.4. The van der Waals surface area contributed by atoms with Crippen LogP contribution in [-0.4, -0.2) is 29.8 Å². The largest absolute Gasteiger partial charge is 0.484 e. The van der Waals surface area contributed by atoms with E-state index in [1.54, 1.807) is 12.1 Å². The molecule has 26 heavy (non-hydrogen) atoms. The van der Waals surface area contributed by atoms with Gasteiger partial charge in [-0.25, -0.2) is 9.59 Å². The first-order valence-corrected chi connectivity index (χ1v) is 7.26. The molecule has 0 unspecified atom stereocenters. The van der Waals surface area contributed by atoms with Gasteiger partial charge in [0.15, 0.2) is 6.61 Å². The van der Waals surface area contributed by atoms with E-state index < -0.39 is 24.7 Å². The molecule has 0 heterocycles. The average molecular weight is 366 g/mol. The Balaban J connectivity index is 1.96. The molecule has 136 valence electrons. The number of carbonyl (C=O) groups excluding carboxylic acids is 1. The summed E-state index contributed by atoms with van der Waals surface area (Å²) in [5.41, 5.74) is 0.748. The molecule has 0 saturated carbocycles. The van der Waals surface area contributed by atoms with Gasteiger partial charge in [-0.1, -0.05) is 12.1 Å². The van der Waals surface area contributed by atoms with Crippen LogP contribution in [0.5, 0.6) is 11.5 Å². The van der Waals surface area contributed by atoms with Crippen LogP contribution in [0, 0.1) is 0 Å². The third-order valence-electron chi connectivity index (χ3n) is 3.00. The van der Waals surface area contributed by atoms with Crippen LogP contribution in [0.4, 0.5) is 13.2 Å². The van der Waals surface area contributed by atoms with Crippen molar-refractivity contribution in [2.24, 2.45) is 0 Å². The lowest BCUT2D eigenvalue weighted by Gasteiger charge is -2.09. The van der Waals surface area contributed by atoms with E-state index in [1.165, 1.54) is 42.5 Å². The summed E-state index contributed by atoms with van der Waals surface area (Å²) in [5.74, 6) is -1.56. The van der Waals surface area contributed by atoms with Gasteiger partial charge in [0, 0.05) is 6.08 Å². The van der Waals surface area contributed by atoms with Gasteiger partial charge in [0.05, 0.1) is 5.56 Å². The van der Waals surface area contributed by atoms with Crippen LogP contribution in [0.2, 0.25) is 0 Å². The second kappa shape index (κ2) is 8.19. The quantitative estimate of drug-likeness (QED) is 0.476. The monoisotopic (exact) mass is 366 g/mol. The minimum absolute atomic E-state index is 0.0200. The molecule has 0 atom stereocenters. The molecule has 0 aromatic heterocycles. The van der Waals surface area contributed by atoms with Crippen molar-refractivity contribution in [3.05, 3.63) is 65.7 Å². The Morgan fingerprint density at radius 2 is 1.54 bits per heavy atom. The molecule has 2 rings (SSSR count). The Kier molecular flexibility index (Phi) is 6.00. The van der Waals surface area contributed by atoms with Gasteiger partial charge in [-0.15, -0.1) is 0 Å². The molecule has 0 fully saturated rings. The summed E-state index contributed by atoms with van der Waals surface area (Å²) in [6.07, 6.45) is -2.08. The third-order valence-corrected chi connectivity index (χ3v) is 3.00. The highest BCUT2D eigenvalue weighted by molar-refractivity contribution is 5.91. The molecule has 8 heteroatoms. The number of rotatable bonds is 6. The third kappa shape index (κ3) is 6.31. The molecule has 0 bridgehead atoms. The van der Waals surface area contributed by atoms with Gasteiger partial charge < -0.3 is 14.6 Å². The summed E-state index contributed by atoms with van der Waals surface area (Å²) in [5, 5.41) is 8.55. The van der Waals surface area contributed by atoms with E-state index in [9.17, 15) is 22.8 Å². The van der Waals surface area contributed by atoms with E-state index in [0.29, 0.717) is 5.56 Å². The second-order valence-corrected chi connectivity index (χ2v) is 5.06. The Hall–Kier alpha value is -3.29. The highest BCUT2D eigenvalue weighted by Crippen LogP contribution is 2.20. The lowest BCUT2D eigenvalue weighted by Crippen LogP contribution is -2.19. The molecule has 0 amide bonds. The number of benzene rings is 2. The number of aliphatic carboxylic acids is 1. The first-order chi connectivity index (χ1) is 12.2. The van der Waals surface area contributed by atoms with E-state index in [0.717, 1.165) is 6.08 Å². The minimum atomic E-state index is -4.44. The zero-order chi connectivity index (χ0) is 19.2. The Morgan fingerprint density at radius 1 is 0.962 bits per heavy atom. The van der Waals surface area contributed by atoms with Crippen molar-refractivity contribution >= 4 is 18.0 Å². The normalized spacial score (nSPS) is 11.3. The van der Waals surface area contributed by atoms with Crippen LogP contribution in [0.1, 0.15) is 15.9 Å². The lowest BCUT2D eigenvalue weighted by molar-refractivity contribution is -0.153. The molecule has 2 aromatic carbocycles. The van der Waals surface area contributed by atoms with Crippen LogP contribution >= 0.6 is 0 Å². The Labute approximate surface area is 146 Å². The average Bonchev–Trinajstić information content (AvgIpc) is 2.59. The van der Waals surface area contributed by atoms with Crippen LogP contribution in [-0.2, 0) is 4.79 Å². The zero-order valence-electron chi connectivity index (χ0n) is 13.2. The molecule has 0 aliphatic carbocycles. The van der Waals surface area contributed by atoms with Crippen molar-refractivity contribution in [2.45, 2.75) is 6.18 Å². The van der Waals surface area contributed by atoms with E-state index >= 15 is 0 Å². The van der Waals surface area contributed by atoms with E-state index in [1.807, 2.05) is 0 Å². The molecule has 1 N–H and O–H groups in total. The first-order valence-electron chi connectivity index (χ1n) is 7.26. The lowest BCUT2D eigenvalue weighted by atomic mass is 10.2. The fraction of sp³-hybridized carbons (Fsp3) is 0.111. The van der Waals surface area contributed by atoms with Gasteiger partial charge in [-0.05, 0) is 48.0 Å². The Morgan fingerprint density at radius 3 is 2.08 bits per heavy atom.